The first-order valence-electron chi connectivity index (χ1n) is 5.95. The number of hydrogen-bond acceptors (Lipinski definition) is 2. The molecule has 0 aliphatic carbocycles. The second kappa shape index (κ2) is 6.21. The van der Waals surface area contributed by atoms with Gasteiger partial charge in [-0.1, -0.05) is 19.9 Å². The Morgan fingerprint density at radius 2 is 1.95 bits per heavy atom. The lowest BCUT2D eigenvalue weighted by molar-refractivity contribution is -0.141. The van der Waals surface area contributed by atoms with Crippen molar-refractivity contribution in [3.8, 4) is 0 Å². The normalized spacial score (nSPS) is 13.6. The molecule has 1 unspecified atom stereocenters. The number of halogens is 4. The van der Waals surface area contributed by atoms with Gasteiger partial charge in [0.15, 0.2) is 0 Å². The van der Waals surface area contributed by atoms with Crippen molar-refractivity contribution < 1.29 is 27.5 Å². The summed E-state index contributed by atoms with van der Waals surface area (Å²) in [5.74, 6) is -2.61. The van der Waals surface area contributed by atoms with Crippen molar-refractivity contribution in [1.82, 2.24) is 5.32 Å². The van der Waals surface area contributed by atoms with E-state index in [-0.39, 0.29) is 11.5 Å². The van der Waals surface area contributed by atoms with E-state index in [0.717, 1.165) is 6.07 Å². The van der Waals surface area contributed by atoms with E-state index in [1.165, 1.54) is 0 Å². The molecule has 20 heavy (non-hydrogen) atoms. The van der Waals surface area contributed by atoms with Gasteiger partial charge in [-0.25, -0.2) is 4.39 Å². The van der Waals surface area contributed by atoms with Crippen LogP contribution in [0.3, 0.4) is 0 Å². The lowest BCUT2D eigenvalue weighted by Crippen LogP contribution is -2.31. The maximum absolute atomic E-state index is 13.2. The molecule has 1 aromatic rings. The number of rotatable bonds is 5. The summed E-state index contributed by atoms with van der Waals surface area (Å²) in [5, 5.41) is 11.7. The first-order valence-corrected chi connectivity index (χ1v) is 5.95. The van der Waals surface area contributed by atoms with Gasteiger partial charge in [0, 0.05) is 0 Å². The quantitative estimate of drug-likeness (QED) is 0.820. The van der Waals surface area contributed by atoms with Crippen LogP contribution in [0.25, 0.3) is 0 Å². The summed E-state index contributed by atoms with van der Waals surface area (Å²) in [6.45, 7) is 3.98. The third kappa shape index (κ3) is 4.19. The van der Waals surface area contributed by atoms with Crippen LogP contribution < -0.4 is 5.32 Å². The van der Waals surface area contributed by atoms with Gasteiger partial charge < -0.3 is 10.4 Å². The minimum Gasteiger partial charge on any atom is -0.480 e. The zero-order chi connectivity index (χ0) is 15.5. The fourth-order valence-electron chi connectivity index (χ4n) is 1.64. The highest BCUT2D eigenvalue weighted by molar-refractivity contribution is 5.75. The van der Waals surface area contributed by atoms with Crippen LogP contribution in [-0.4, -0.2) is 17.6 Å². The van der Waals surface area contributed by atoms with Crippen molar-refractivity contribution in [3.05, 3.63) is 35.1 Å². The molecule has 0 saturated heterocycles. The third-order valence-electron chi connectivity index (χ3n) is 2.61. The predicted molar refractivity (Wildman–Crippen MR) is 64.6 cm³/mol. The molecule has 0 saturated carbocycles. The SMILES string of the molecule is CC(C)CNC(C(=O)O)c1ccc(F)c(C(F)(F)F)c1. The fraction of sp³-hybridized carbons (Fsp3) is 0.462. The summed E-state index contributed by atoms with van der Waals surface area (Å²) >= 11 is 0. The lowest BCUT2D eigenvalue weighted by Gasteiger charge is -2.18. The Balaban J connectivity index is 3.12. The predicted octanol–water partition coefficient (Wildman–Crippen LogP) is 3.22. The molecule has 0 aliphatic rings. The maximum atomic E-state index is 13.2. The van der Waals surface area contributed by atoms with Crippen molar-refractivity contribution >= 4 is 5.97 Å². The second-order valence-electron chi connectivity index (χ2n) is 4.81. The van der Waals surface area contributed by atoms with Crippen molar-refractivity contribution in [1.29, 1.82) is 0 Å². The summed E-state index contributed by atoms with van der Waals surface area (Å²) in [6.07, 6.45) is -4.86. The van der Waals surface area contributed by atoms with Gasteiger partial charge in [-0.2, -0.15) is 13.2 Å². The number of hydrogen-bond donors (Lipinski definition) is 2. The van der Waals surface area contributed by atoms with Crippen LogP contribution in [0.15, 0.2) is 18.2 Å². The molecule has 1 aromatic carbocycles. The standard InChI is InChI=1S/C13H15F4NO2/c1-7(2)6-18-11(12(19)20)8-3-4-10(14)9(5-8)13(15,16)17/h3-5,7,11,18H,6H2,1-2H3,(H,19,20). The van der Waals surface area contributed by atoms with Crippen molar-refractivity contribution in [2.75, 3.05) is 6.54 Å². The zero-order valence-corrected chi connectivity index (χ0v) is 11.0. The van der Waals surface area contributed by atoms with Crippen LogP contribution in [0.5, 0.6) is 0 Å². The molecule has 0 spiro atoms. The molecular weight excluding hydrogens is 278 g/mol. The Morgan fingerprint density at radius 1 is 1.35 bits per heavy atom. The number of nitrogens with one attached hydrogen (secondary N) is 1. The molecule has 0 aliphatic heterocycles. The largest absolute Gasteiger partial charge is 0.480 e. The van der Waals surface area contributed by atoms with Gasteiger partial charge in [-0.3, -0.25) is 4.79 Å². The molecule has 1 rings (SSSR count). The molecule has 0 amide bonds. The van der Waals surface area contributed by atoms with Crippen LogP contribution >= 0.6 is 0 Å². The Labute approximate surface area is 113 Å². The molecule has 0 aromatic heterocycles. The Hall–Kier alpha value is -1.63. The average Bonchev–Trinajstić information content (AvgIpc) is 2.28. The van der Waals surface area contributed by atoms with Crippen LogP contribution in [0, 0.1) is 11.7 Å². The average molecular weight is 293 g/mol. The number of carbonyl (C=O) groups is 1. The molecule has 0 heterocycles. The highest BCUT2D eigenvalue weighted by Gasteiger charge is 2.35. The van der Waals surface area contributed by atoms with E-state index in [9.17, 15) is 22.4 Å². The first-order chi connectivity index (χ1) is 9.12. The maximum Gasteiger partial charge on any atom is 0.419 e. The summed E-state index contributed by atoms with van der Waals surface area (Å²) in [4.78, 5) is 11.1. The number of carboxylic acids is 1. The van der Waals surface area contributed by atoms with E-state index in [0.29, 0.717) is 18.7 Å². The molecule has 0 bridgehead atoms. The number of alkyl halides is 3. The van der Waals surface area contributed by atoms with Crippen LogP contribution in [-0.2, 0) is 11.0 Å². The van der Waals surface area contributed by atoms with Gasteiger partial charge in [0.2, 0.25) is 0 Å². The highest BCUT2D eigenvalue weighted by Crippen LogP contribution is 2.33. The minimum absolute atomic E-state index is 0.124. The summed E-state index contributed by atoms with van der Waals surface area (Å²) in [7, 11) is 0. The van der Waals surface area contributed by atoms with E-state index in [1.54, 1.807) is 0 Å². The minimum atomic E-state index is -4.86. The second-order valence-corrected chi connectivity index (χ2v) is 4.81. The van der Waals surface area contributed by atoms with E-state index < -0.39 is 29.6 Å². The van der Waals surface area contributed by atoms with Gasteiger partial charge >= 0.3 is 12.1 Å². The van der Waals surface area contributed by atoms with Crippen molar-refractivity contribution in [2.45, 2.75) is 26.1 Å². The van der Waals surface area contributed by atoms with Gasteiger partial charge in [0.05, 0.1) is 5.56 Å². The van der Waals surface area contributed by atoms with Crippen LogP contribution in [0.1, 0.15) is 31.0 Å². The summed E-state index contributed by atoms with van der Waals surface area (Å²) in [6, 6.07) is 0.891. The van der Waals surface area contributed by atoms with Crippen molar-refractivity contribution in [2.24, 2.45) is 5.92 Å². The topological polar surface area (TPSA) is 49.3 Å². The number of aliphatic carboxylic acids is 1. The molecule has 112 valence electrons. The van der Waals surface area contributed by atoms with Gasteiger partial charge in [0.25, 0.3) is 0 Å². The molecule has 3 nitrogen and oxygen atoms in total. The van der Waals surface area contributed by atoms with Gasteiger partial charge in [-0.15, -0.1) is 0 Å². The Morgan fingerprint density at radius 3 is 2.40 bits per heavy atom. The van der Waals surface area contributed by atoms with E-state index in [4.69, 9.17) is 5.11 Å². The number of carboxylic acid groups (broad SMARTS) is 1. The van der Waals surface area contributed by atoms with Gasteiger partial charge in [0.1, 0.15) is 11.9 Å². The van der Waals surface area contributed by atoms with Crippen LogP contribution in [0.4, 0.5) is 17.6 Å². The monoisotopic (exact) mass is 293 g/mol. The van der Waals surface area contributed by atoms with Crippen LogP contribution in [0.2, 0.25) is 0 Å². The molecule has 2 N–H and O–H groups in total. The van der Waals surface area contributed by atoms with E-state index in [1.807, 2.05) is 13.8 Å². The summed E-state index contributed by atoms with van der Waals surface area (Å²) < 4.78 is 51.0. The first kappa shape index (κ1) is 16.4. The fourth-order valence-corrected chi connectivity index (χ4v) is 1.64. The van der Waals surface area contributed by atoms with Crippen molar-refractivity contribution in [3.63, 3.8) is 0 Å². The van der Waals surface area contributed by atoms with E-state index in [2.05, 4.69) is 5.32 Å². The van der Waals surface area contributed by atoms with E-state index >= 15 is 0 Å². The molecule has 1 atom stereocenters. The highest BCUT2D eigenvalue weighted by atomic mass is 19.4. The molecular formula is C13H15F4NO2. The number of benzene rings is 1. The smallest absolute Gasteiger partial charge is 0.419 e. The molecule has 0 radical (unpaired) electrons. The Kier molecular flexibility index (Phi) is 5.10. The third-order valence-corrected chi connectivity index (χ3v) is 2.61. The van der Waals surface area contributed by atoms with Gasteiger partial charge in [-0.05, 0) is 30.2 Å². The molecule has 0 fully saturated rings. The molecule has 7 heteroatoms. The summed E-state index contributed by atoms with van der Waals surface area (Å²) in [5.41, 5.74) is -1.60. The lowest BCUT2D eigenvalue weighted by atomic mass is 10.0. The Bertz CT molecular complexity index is 486. The zero-order valence-electron chi connectivity index (χ0n) is 11.0.